The van der Waals surface area contributed by atoms with Crippen molar-refractivity contribution in [3.8, 4) is 0 Å². The Morgan fingerprint density at radius 3 is 2.90 bits per heavy atom. The van der Waals surface area contributed by atoms with E-state index in [0.717, 1.165) is 19.5 Å². The topological polar surface area (TPSA) is 39.3 Å². The Morgan fingerprint density at radius 2 is 2.14 bits per heavy atom. The molecule has 3 rings (SSSR count). The first-order chi connectivity index (χ1) is 10.1. The average molecular weight is 285 g/mol. The Labute approximate surface area is 125 Å². The molecule has 0 aliphatic carbocycles. The molecule has 112 valence electrons. The van der Waals surface area contributed by atoms with Crippen LogP contribution in [-0.2, 0) is 17.8 Å². The van der Waals surface area contributed by atoms with Crippen molar-refractivity contribution < 1.29 is 4.79 Å². The van der Waals surface area contributed by atoms with Crippen molar-refractivity contribution in [2.75, 3.05) is 20.6 Å². The van der Waals surface area contributed by atoms with Gasteiger partial charge in [0.05, 0.1) is 0 Å². The number of nitrogens with zero attached hydrogens (tertiary/aromatic N) is 2. The van der Waals surface area contributed by atoms with E-state index in [1.165, 1.54) is 22.2 Å². The third kappa shape index (κ3) is 2.68. The predicted octanol–water partition coefficient (Wildman–Crippen LogP) is 2.39. The summed E-state index contributed by atoms with van der Waals surface area (Å²) in [5.41, 5.74) is 3.99. The molecule has 0 fully saturated rings. The number of hydrogen-bond acceptors (Lipinski definition) is 2. The summed E-state index contributed by atoms with van der Waals surface area (Å²) in [6.07, 6.45) is 1.64. The first kappa shape index (κ1) is 14.1. The molecule has 2 heterocycles. The lowest BCUT2D eigenvalue weighted by molar-refractivity contribution is -0.129. The fourth-order valence-corrected chi connectivity index (χ4v) is 3.17. The van der Waals surface area contributed by atoms with Gasteiger partial charge in [-0.3, -0.25) is 9.69 Å². The highest BCUT2D eigenvalue weighted by molar-refractivity contribution is 5.85. The number of fused-ring (bicyclic) bond motifs is 3. The van der Waals surface area contributed by atoms with Crippen LogP contribution in [0.2, 0.25) is 0 Å². The maximum absolute atomic E-state index is 11.8. The maximum atomic E-state index is 11.8. The second-order valence-electron chi connectivity index (χ2n) is 6.19. The minimum atomic E-state index is 0.199. The number of aromatic amines is 1. The van der Waals surface area contributed by atoms with Crippen LogP contribution in [0.4, 0.5) is 0 Å². The molecule has 0 saturated heterocycles. The van der Waals surface area contributed by atoms with E-state index in [2.05, 4.69) is 41.1 Å². The zero-order valence-electron chi connectivity index (χ0n) is 13.0. The number of H-pyrrole nitrogens is 1. The minimum Gasteiger partial charge on any atom is -0.357 e. The maximum Gasteiger partial charge on any atom is 0.223 e. The quantitative estimate of drug-likeness (QED) is 0.940. The van der Waals surface area contributed by atoms with Gasteiger partial charge in [-0.1, -0.05) is 18.2 Å². The molecule has 1 atom stereocenters. The van der Waals surface area contributed by atoms with Gasteiger partial charge in [0.2, 0.25) is 5.91 Å². The monoisotopic (exact) mass is 285 g/mol. The first-order valence-electron chi connectivity index (χ1n) is 7.59. The van der Waals surface area contributed by atoms with Crippen LogP contribution in [0, 0.1) is 0 Å². The smallest absolute Gasteiger partial charge is 0.223 e. The van der Waals surface area contributed by atoms with Crippen molar-refractivity contribution in [1.82, 2.24) is 14.8 Å². The number of benzene rings is 1. The SMILES string of the molecule is C[C@@H]1Cc2c([nH]c3ccccc23)CN1CCC(=O)N(C)C. The molecule has 1 aromatic heterocycles. The molecule has 4 heteroatoms. The Kier molecular flexibility index (Phi) is 3.72. The van der Waals surface area contributed by atoms with E-state index in [4.69, 9.17) is 0 Å². The molecule has 4 nitrogen and oxygen atoms in total. The van der Waals surface area contributed by atoms with Crippen molar-refractivity contribution in [2.24, 2.45) is 0 Å². The fraction of sp³-hybridized carbons (Fsp3) is 0.471. The number of carbonyl (C=O) groups excluding carboxylic acids is 1. The van der Waals surface area contributed by atoms with Crippen molar-refractivity contribution in [1.29, 1.82) is 0 Å². The molecule has 2 aromatic rings. The lowest BCUT2D eigenvalue weighted by Gasteiger charge is -2.33. The van der Waals surface area contributed by atoms with Gasteiger partial charge in [-0.05, 0) is 25.0 Å². The first-order valence-corrected chi connectivity index (χ1v) is 7.59. The zero-order valence-corrected chi connectivity index (χ0v) is 13.0. The van der Waals surface area contributed by atoms with Gasteiger partial charge in [-0.2, -0.15) is 0 Å². The third-order valence-electron chi connectivity index (χ3n) is 4.50. The summed E-state index contributed by atoms with van der Waals surface area (Å²) in [6, 6.07) is 8.98. The molecule has 1 aromatic carbocycles. The van der Waals surface area contributed by atoms with Crippen LogP contribution in [0.15, 0.2) is 24.3 Å². The van der Waals surface area contributed by atoms with Crippen LogP contribution in [0.3, 0.4) is 0 Å². The van der Waals surface area contributed by atoms with E-state index in [0.29, 0.717) is 12.5 Å². The Morgan fingerprint density at radius 1 is 1.38 bits per heavy atom. The summed E-state index contributed by atoms with van der Waals surface area (Å²) in [7, 11) is 3.63. The van der Waals surface area contributed by atoms with Crippen molar-refractivity contribution in [3.05, 3.63) is 35.5 Å². The van der Waals surface area contributed by atoms with Crippen LogP contribution in [0.5, 0.6) is 0 Å². The number of nitrogens with one attached hydrogen (secondary N) is 1. The van der Waals surface area contributed by atoms with E-state index in [1.807, 2.05) is 14.1 Å². The summed E-state index contributed by atoms with van der Waals surface area (Å²) in [4.78, 5) is 19.4. The molecular formula is C17H23N3O. The van der Waals surface area contributed by atoms with Crippen LogP contribution in [0.1, 0.15) is 24.6 Å². The van der Waals surface area contributed by atoms with E-state index in [9.17, 15) is 4.79 Å². The molecule has 0 unspecified atom stereocenters. The van der Waals surface area contributed by atoms with Crippen LogP contribution < -0.4 is 0 Å². The highest BCUT2D eigenvalue weighted by Crippen LogP contribution is 2.30. The highest BCUT2D eigenvalue weighted by Gasteiger charge is 2.26. The summed E-state index contributed by atoms with van der Waals surface area (Å²) in [6.45, 7) is 3.99. The molecule has 1 aliphatic rings. The van der Waals surface area contributed by atoms with Gasteiger partial charge in [0, 0.05) is 56.2 Å². The molecule has 0 bridgehead atoms. The van der Waals surface area contributed by atoms with Crippen LogP contribution in [-0.4, -0.2) is 47.4 Å². The van der Waals surface area contributed by atoms with Crippen LogP contribution >= 0.6 is 0 Å². The van der Waals surface area contributed by atoms with Gasteiger partial charge >= 0.3 is 0 Å². The number of carbonyl (C=O) groups is 1. The summed E-state index contributed by atoms with van der Waals surface area (Å²) in [5.74, 6) is 0.199. The van der Waals surface area contributed by atoms with Gasteiger partial charge in [0.1, 0.15) is 0 Å². The van der Waals surface area contributed by atoms with Gasteiger partial charge in [0.25, 0.3) is 0 Å². The molecule has 1 N–H and O–H groups in total. The second kappa shape index (κ2) is 5.53. The summed E-state index contributed by atoms with van der Waals surface area (Å²) >= 11 is 0. The summed E-state index contributed by atoms with van der Waals surface area (Å²) in [5, 5.41) is 1.35. The zero-order chi connectivity index (χ0) is 15.0. The molecular weight excluding hydrogens is 262 g/mol. The van der Waals surface area contributed by atoms with E-state index >= 15 is 0 Å². The predicted molar refractivity (Wildman–Crippen MR) is 85.2 cm³/mol. The molecule has 21 heavy (non-hydrogen) atoms. The Balaban J connectivity index is 1.77. The lowest BCUT2D eigenvalue weighted by atomic mass is 9.97. The number of para-hydroxylation sites is 1. The average Bonchev–Trinajstić information content (AvgIpc) is 2.82. The number of hydrogen-bond donors (Lipinski definition) is 1. The van der Waals surface area contributed by atoms with Gasteiger partial charge in [0.15, 0.2) is 0 Å². The number of amides is 1. The van der Waals surface area contributed by atoms with E-state index in [1.54, 1.807) is 4.90 Å². The molecule has 1 aliphatic heterocycles. The standard InChI is InChI=1S/C17H23N3O/c1-12-10-14-13-6-4-5-7-15(13)18-16(14)11-20(12)9-8-17(21)19(2)3/h4-7,12,18H,8-11H2,1-3H3/t12-/m1/s1. The largest absolute Gasteiger partial charge is 0.357 e. The Hall–Kier alpha value is -1.81. The second-order valence-corrected chi connectivity index (χ2v) is 6.19. The van der Waals surface area contributed by atoms with Gasteiger partial charge in [-0.25, -0.2) is 0 Å². The van der Waals surface area contributed by atoms with Crippen molar-refractivity contribution >= 4 is 16.8 Å². The normalized spacial score (nSPS) is 18.7. The lowest BCUT2D eigenvalue weighted by Crippen LogP contribution is -2.40. The van der Waals surface area contributed by atoms with Crippen LogP contribution in [0.25, 0.3) is 10.9 Å². The number of aromatic nitrogens is 1. The van der Waals surface area contributed by atoms with E-state index < -0.39 is 0 Å². The highest BCUT2D eigenvalue weighted by atomic mass is 16.2. The van der Waals surface area contributed by atoms with Gasteiger partial charge < -0.3 is 9.88 Å². The van der Waals surface area contributed by atoms with Crippen molar-refractivity contribution in [2.45, 2.75) is 32.4 Å². The number of rotatable bonds is 3. The Bertz CT molecular complexity index is 659. The molecule has 0 radical (unpaired) electrons. The van der Waals surface area contributed by atoms with Gasteiger partial charge in [-0.15, -0.1) is 0 Å². The molecule has 0 saturated carbocycles. The molecule has 0 spiro atoms. The molecule has 1 amide bonds. The third-order valence-corrected chi connectivity index (χ3v) is 4.50. The summed E-state index contributed by atoms with van der Waals surface area (Å²) < 4.78 is 0. The van der Waals surface area contributed by atoms with Crippen molar-refractivity contribution in [3.63, 3.8) is 0 Å². The van der Waals surface area contributed by atoms with E-state index in [-0.39, 0.29) is 5.91 Å². The fourth-order valence-electron chi connectivity index (χ4n) is 3.17. The minimum absolute atomic E-state index is 0.199.